The minimum atomic E-state index is 0.144. The molecular formula is C26H36N4O2. The van der Waals surface area contributed by atoms with Gasteiger partial charge in [0.2, 0.25) is 5.91 Å². The number of nitrogens with one attached hydrogen (secondary N) is 3. The van der Waals surface area contributed by atoms with E-state index in [4.69, 9.17) is 10.1 Å². The summed E-state index contributed by atoms with van der Waals surface area (Å²) in [4.78, 5) is 17.9. The lowest BCUT2D eigenvalue weighted by atomic mass is 9.65. The first-order chi connectivity index (χ1) is 15.6. The van der Waals surface area contributed by atoms with Gasteiger partial charge in [0.25, 0.3) is 0 Å². The Bertz CT molecular complexity index is 964. The van der Waals surface area contributed by atoms with Crippen molar-refractivity contribution in [3.05, 3.63) is 30.3 Å². The maximum atomic E-state index is 13.2. The molecule has 1 amide bonds. The molecule has 3 aliphatic rings. The Morgan fingerprint density at radius 3 is 2.91 bits per heavy atom. The predicted octanol–water partition coefficient (Wildman–Crippen LogP) is 4.16. The Kier molecular flexibility index (Phi) is 6.33. The molecule has 1 heterocycles. The molecule has 1 aromatic carbocycles. The van der Waals surface area contributed by atoms with Crippen LogP contribution < -0.4 is 16.0 Å². The summed E-state index contributed by atoms with van der Waals surface area (Å²) in [5.74, 6) is 3.64. The second-order valence-electron chi connectivity index (χ2n) is 10.4. The first-order valence-electron chi connectivity index (χ1n) is 12.4. The summed E-state index contributed by atoms with van der Waals surface area (Å²) in [7, 11) is 0. The van der Waals surface area contributed by atoms with Crippen molar-refractivity contribution in [2.75, 3.05) is 36.9 Å². The zero-order valence-corrected chi connectivity index (χ0v) is 18.9. The second-order valence-corrected chi connectivity index (χ2v) is 10.4. The number of pyridine rings is 1. The number of hydrogen-bond donors (Lipinski definition) is 4. The van der Waals surface area contributed by atoms with Gasteiger partial charge in [-0.15, -0.1) is 0 Å². The molecule has 32 heavy (non-hydrogen) atoms. The number of hydrogen-bond acceptors (Lipinski definition) is 5. The quantitative estimate of drug-likeness (QED) is 0.444. The van der Waals surface area contributed by atoms with Gasteiger partial charge in [0.15, 0.2) is 0 Å². The Balaban J connectivity index is 1.24. The van der Waals surface area contributed by atoms with Gasteiger partial charge in [0.1, 0.15) is 5.82 Å². The summed E-state index contributed by atoms with van der Waals surface area (Å²) < 4.78 is 0. The van der Waals surface area contributed by atoms with Crippen LogP contribution in [-0.4, -0.2) is 42.2 Å². The molecule has 5 rings (SSSR count). The largest absolute Gasteiger partial charge is 0.395 e. The number of carbonyl (C=O) groups excluding carboxylic acids is 1. The van der Waals surface area contributed by atoms with E-state index in [0.29, 0.717) is 13.0 Å². The number of aromatic nitrogens is 1. The topological polar surface area (TPSA) is 86.3 Å². The van der Waals surface area contributed by atoms with Gasteiger partial charge < -0.3 is 21.1 Å². The van der Waals surface area contributed by atoms with E-state index >= 15 is 0 Å². The van der Waals surface area contributed by atoms with Crippen LogP contribution in [0.25, 0.3) is 10.9 Å². The van der Waals surface area contributed by atoms with Crippen LogP contribution in [0.3, 0.4) is 0 Å². The zero-order chi connectivity index (χ0) is 22.0. The van der Waals surface area contributed by atoms with Crippen LogP contribution in [0, 0.1) is 23.2 Å². The number of aliphatic hydroxyl groups is 1. The molecule has 4 N–H and O–H groups in total. The van der Waals surface area contributed by atoms with E-state index in [2.05, 4.69) is 16.0 Å². The molecule has 0 aliphatic heterocycles. The highest BCUT2D eigenvalue weighted by atomic mass is 16.3. The van der Waals surface area contributed by atoms with Gasteiger partial charge in [-0.3, -0.25) is 4.79 Å². The van der Waals surface area contributed by atoms with E-state index in [-0.39, 0.29) is 17.9 Å². The van der Waals surface area contributed by atoms with Gasteiger partial charge in [-0.2, -0.15) is 0 Å². The normalized spacial score (nSPS) is 28.6. The Labute approximate surface area is 190 Å². The molecule has 1 aromatic heterocycles. The summed E-state index contributed by atoms with van der Waals surface area (Å²) in [6.45, 7) is 2.24. The summed E-state index contributed by atoms with van der Waals surface area (Å²) in [5, 5.41) is 19.5. The van der Waals surface area contributed by atoms with Crippen molar-refractivity contribution in [3.63, 3.8) is 0 Å². The van der Waals surface area contributed by atoms with Crippen molar-refractivity contribution in [1.82, 2.24) is 10.3 Å². The van der Waals surface area contributed by atoms with Crippen LogP contribution >= 0.6 is 0 Å². The molecule has 6 heteroatoms. The number of nitrogens with zero attached hydrogens (tertiary/aromatic N) is 1. The minimum Gasteiger partial charge on any atom is -0.395 e. The van der Waals surface area contributed by atoms with E-state index in [9.17, 15) is 4.79 Å². The molecule has 3 bridgehead atoms. The van der Waals surface area contributed by atoms with Gasteiger partial charge in [0.05, 0.1) is 17.8 Å². The van der Waals surface area contributed by atoms with Crippen LogP contribution in [0.5, 0.6) is 0 Å². The van der Waals surface area contributed by atoms with Crippen LogP contribution in [0.2, 0.25) is 0 Å². The first-order valence-corrected chi connectivity index (χ1v) is 12.4. The van der Waals surface area contributed by atoms with Crippen molar-refractivity contribution in [3.8, 4) is 0 Å². The van der Waals surface area contributed by atoms with Gasteiger partial charge >= 0.3 is 0 Å². The maximum Gasteiger partial charge on any atom is 0.224 e. The van der Waals surface area contributed by atoms with Crippen LogP contribution in [0.1, 0.15) is 51.4 Å². The standard InChI is InChI=1S/C26H36N4O2/c31-12-11-27-9-10-28-24-7-6-21-22(29-24)4-1-5-23(21)30-25(32)17-26-8-2-3-19-13-18(15-26)14-20(19)16-26/h1,4-7,18-20,27,31H,2-3,8-17H2,(H,28,29)(H,30,32). The molecule has 0 spiro atoms. The monoisotopic (exact) mass is 436 g/mol. The van der Waals surface area contributed by atoms with Gasteiger partial charge in [-0.25, -0.2) is 4.98 Å². The van der Waals surface area contributed by atoms with Crippen molar-refractivity contribution >= 4 is 28.3 Å². The third-order valence-electron chi connectivity index (χ3n) is 8.08. The van der Waals surface area contributed by atoms with E-state index in [0.717, 1.165) is 53.3 Å². The number of carbonyl (C=O) groups is 1. The van der Waals surface area contributed by atoms with Crippen molar-refractivity contribution < 1.29 is 9.90 Å². The lowest BCUT2D eigenvalue weighted by Gasteiger charge is -2.40. The van der Waals surface area contributed by atoms with E-state index < -0.39 is 0 Å². The van der Waals surface area contributed by atoms with Gasteiger partial charge in [-0.1, -0.05) is 18.9 Å². The van der Waals surface area contributed by atoms with E-state index in [1.54, 1.807) is 0 Å². The molecule has 0 saturated heterocycles. The molecule has 3 saturated carbocycles. The third-order valence-corrected chi connectivity index (χ3v) is 8.08. The number of amides is 1. The third kappa shape index (κ3) is 4.62. The highest BCUT2D eigenvalue weighted by Gasteiger charge is 2.50. The predicted molar refractivity (Wildman–Crippen MR) is 129 cm³/mol. The summed E-state index contributed by atoms with van der Waals surface area (Å²) in [5.41, 5.74) is 1.97. The van der Waals surface area contributed by atoms with Crippen molar-refractivity contribution in [1.29, 1.82) is 0 Å². The molecule has 0 radical (unpaired) electrons. The minimum absolute atomic E-state index is 0.144. The van der Waals surface area contributed by atoms with Crippen LogP contribution in [-0.2, 0) is 4.79 Å². The van der Waals surface area contributed by atoms with Crippen molar-refractivity contribution in [2.24, 2.45) is 23.2 Å². The highest BCUT2D eigenvalue weighted by Crippen LogP contribution is 2.60. The summed E-state index contributed by atoms with van der Waals surface area (Å²) in [6, 6.07) is 9.94. The van der Waals surface area contributed by atoms with Crippen molar-refractivity contribution in [2.45, 2.75) is 51.4 Å². The number of anilines is 2. The maximum absolute atomic E-state index is 13.2. The average Bonchev–Trinajstić information content (AvgIpc) is 3.00. The fourth-order valence-corrected chi connectivity index (χ4v) is 6.92. The zero-order valence-electron chi connectivity index (χ0n) is 18.9. The fraction of sp³-hybridized carbons (Fsp3) is 0.615. The Hall–Kier alpha value is -2.18. The van der Waals surface area contributed by atoms with Gasteiger partial charge in [-0.05, 0) is 79.5 Å². The van der Waals surface area contributed by atoms with Gasteiger partial charge in [0, 0.05) is 31.4 Å². The molecule has 4 unspecified atom stereocenters. The first kappa shape index (κ1) is 21.7. The van der Waals surface area contributed by atoms with Crippen LogP contribution in [0.15, 0.2) is 30.3 Å². The second kappa shape index (κ2) is 9.36. The molecule has 4 atom stereocenters. The molecule has 3 fully saturated rings. The SMILES string of the molecule is O=C(CC12CCCC3CC(CC3C1)C2)Nc1cccc2nc(NCCNCCO)ccc12. The fourth-order valence-electron chi connectivity index (χ4n) is 6.92. The van der Waals surface area contributed by atoms with Crippen LogP contribution in [0.4, 0.5) is 11.5 Å². The lowest BCUT2D eigenvalue weighted by molar-refractivity contribution is -0.119. The molecular weight excluding hydrogens is 400 g/mol. The molecule has 3 aliphatic carbocycles. The molecule has 6 nitrogen and oxygen atoms in total. The molecule has 172 valence electrons. The summed E-state index contributed by atoms with van der Waals surface area (Å²) in [6.07, 6.45) is 9.92. The number of aliphatic hydroxyl groups excluding tert-OH is 1. The Morgan fingerprint density at radius 1 is 1.09 bits per heavy atom. The average molecular weight is 437 g/mol. The number of rotatable bonds is 9. The number of benzene rings is 1. The van der Waals surface area contributed by atoms with E-state index in [1.807, 2.05) is 30.3 Å². The molecule has 2 aromatic rings. The smallest absolute Gasteiger partial charge is 0.224 e. The van der Waals surface area contributed by atoms with E-state index in [1.165, 1.54) is 44.9 Å². The summed E-state index contributed by atoms with van der Waals surface area (Å²) >= 11 is 0. The Morgan fingerprint density at radius 2 is 2.00 bits per heavy atom. The highest BCUT2D eigenvalue weighted by molar-refractivity contribution is 6.01. The number of fused-ring (bicyclic) bond motifs is 3. The lowest BCUT2D eigenvalue weighted by Crippen LogP contribution is -2.33.